The van der Waals surface area contributed by atoms with Crippen LogP contribution in [0, 0.1) is 11.7 Å². The van der Waals surface area contributed by atoms with Gasteiger partial charge in [-0.25, -0.2) is 9.18 Å². The fourth-order valence-corrected chi connectivity index (χ4v) is 2.31. The van der Waals surface area contributed by atoms with Crippen molar-refractivity contribution < 1.29 is 14.3 Å². The van der Waals surface area contributed by atoms with Crippen molar-refractivity contribution in [1.82, 2.24) is 0 Å². The van der Waals surface area contributed by atoms with Gasteiger partial charge in [-0.3, -0.25) is 0 Å². The van der Waals surface area contributed by atoms with Gasteiger partial charge in [0.2, 0.25) is 0 Å². The van der Waals surface area contributed by atoms with Gasteiger partial charge in [-0.15, -0.1) is 0 Å². The van der Waals surface area contributed by atoms with E-state index >= 15 is 0 Å². The van der Waals surface area contributed by atoms with Crippen LogP contribution in [0.3, 0.4) is 0 Å². The lowest BCUT2D eigenvalue weighted by Gasteiger charge is -2.32. The molecule has 19 heavy (non-hydrogen) atoms. The first-order valence-electron chi connectivity index (χ1n) is 6.51. The number of hydrogen-bond donors (Lipinski definition) is 1. The van der Waals surface area contributed by atoms with Crippen LogP contribution in [0.15, 0.2) is 24.3 Å². The van der Waals surface area contributed by atoms with Crippen LogP contribution in [-0.2, 0) is 4.79 Å². The van der Waals surface area contributed by atoms with Gasteiger partial charge in [0.05, 0.1) is 0 Å². The molecule has 0 aromatic heterocycles. The van der Waals surface area contributed by atoms with Crippen molar-refractivity contribution in [1.29, 1.82) is 0 Å². The monoisotopic (exact) mass is 263 g/mol. The van der Waals surface area contributed by atoms with Gasteiger partial charge in [-0.2, -0.15) is 0 Å². The highest BCUT2D eigenvalue weighted by Crippen LogP contribution is 2.25. The molecular formula is C15H18FNO2. The van der Waals surface area contributed by atoms with Crippen molar-refractivity contribution in [3.05, 3.63) is 35.7 Å². The number of carboxylic acid groups (broad SMARTS) is 1. The molecule has 0 atom stereocenters. The Morgan fingerprint density at radius 2 is 2.05 bits per heavy atom. The molecule has 2 rings (SSSR count). The normalized spacial score (nSPS) is 17.1. The number of nitrogens with zero attached hydrogens (tertiary/aromatic N) is 1. The van der Waals surface area contributed by atoms with Crippen LogP contribution in [0.4, 0.5) is 10.1 Å². The summed E-state index contributed by atoms with van der Waals surface area (Å²) in [5.41, 5.74) is 1.41. The predicted octanol–water partition coefficient (Wildman–Crippen LogP) is 3.16. The number of benzene rings is 1. The second-order valence-corrected chi connectivity index (χ2v) is 5.08. The van der Waals surface area contributed by atoms with E-state index in [2.05, 4.69) is 11.8 Å². The zero-order valence-electron chi connectivity index (χ0n) is 11.0. The lowest BCUT2D eigenvalue weighted by molar-refractivity contribution is -0.131. The molecule has 1 aliphatic rings. The molecule has 0 bridgehead atoms. The summed E-state index contributed by atoms with van der Waals surface area (Å²) in [5.74, 6) is -0.644. The highest BCUT2D eigenvalue weighted by atomic mass is 19.1. The Bertz CT molecular complexity index is 491. The average Bonchev–Trinajstić information content (AvgIpc) is 2.36. The van der Waals surface area contributed by atoms with E-state index < -0.39 is 5.97 Å². The van der Waals surface area contributed by atoms with Crippen molar-refractivity contribution in [3.63, 3.8) is 0 Å². The maximum atomic E-state index is 13.6. The predicted molar refractivity (Wildman–Crippen MR) is 73.7 cm³/mol. The van der Waals surface area contributed by atoms with E-state index in [9.17, 15) is 9.18 Å². The van der Waals surface area contributed by atoms with Gasteiger partial charge >= 0.3 is 5.97 Å². The fourth-order valence-electron chi connectivity index (χ4n) is 2.31. The van der Waals surface area contributed by atoms with E-state index in [1.165, 1.54) is 18.2 Å². The van der Waals surface area contributed by atoms with Gasteiger partial charge in [0, 0.05) is 24.9 Å². The summed E-state index contributed by atoms with van der Waals surface area (Å²) in [6, 6.07) is 4.68. The second kappa shape index (κ2) is 5.87. The third kappa shape index (κ3) is 3.81. The number of carboxylic acids is 1. The van der Waals surface area contributed by atoms with Crippen molar-refractivity contribution in [3.8, 4) is 0 Å². The van der Waals surface area contributed by atoms with Gasteiger partial charge in [-0.05, 0) is 48.6 Å². The minimum Gasteiger partial charge on any atom is -0.478 e. The van der Waals surface area contributed by atoms with Gasteiger partial charge in [-0.1, -0.05) is 6.92 Å². The topological polar surface area (TPSA) is 40.5 Å². The van der Waals surface area contributed by atoms with Gasteiger partial charge in [0.1, 0.15) is 5.82 Å². The Morgan fingerprint density at radius 3 is 2.68 bits per heavy atom. The molecule has 0 amide bonds. The Kier molecular flexibility index (Phi) is 4.20. The summed E-state index contributed by atoms with van der Waals surface area (Å²) in [4.78, 5) is 12.6. The average molecular weight is 263 g/mol. The van der Waals surface area contributed by atoms with Crippen LogP contribution in [0.2, 0.25) is 0 Å². The number of hydrogen-bond acceptors (Lipinski definition) is 2. The lowest BCUT2D eigenvalue weighted by atomic mass is 9.98. The third-order valence-corrected chi connectivity index (χ3v) is 3.47. The first kappa shape index (κ1) is 13.6. The van der Waals surface area contributed by atoms with Gasteiger partial charge in [0.25, 0.3) is 0 Å². The van der Waals surface area contributed by atoms with Crippen molar-refractivity contribution >= 4 is 17.7 Å². The second-order valence-electron chi connectivity index (χ2n) is 5.08. The molecule has 0 spiro atoms. The fraction of sp³-hybridized carbons (Fsp3) is 0.400. The summed E-state index contributed by atoms with van der Waals surface area (Å²) in [5, 5.41) is 8.60. The smallest absolute Gasteiger partial charge is 0.328 e. The van der Waals surface area contributed by atoms with Crippen LogP contribution in [0.25, 0.3) is 6.08 Å². The molecule has 0 unspecified atom stereocenters. The van der Waals surface area contributed by atoms with Crippen LogP contribution >= 0.6 is 0 Å². The molecular weight excluding hydrogens is 245 g/mol. The SMILES string of the molecule is CC1CCN(c2cc(F)cc(/C=C/C(=O)O)c2)CC1. The summed E-state index contributed by atoms with van der Waals surface area (Å²) >= 11 is 0. The molecule has 102 valence electrons. The zero-order chi connectivity index (χ0) is 13.8. The maximum Gasteiger partial charge on any atom is 0.328 e. The minimum absolute atomic E-state index is 0.332. The summed E-state index contributed by atoms with van der Waals surface area (Å²) in [6.45, 7) is 4.07. The first-order valence-corrected chi connectivity index (χ1v) is 6.51. The summed E-state index contributed by atoms with van der Waals surface area (Å²) in [7, 11) is 0. The highest BCUT2D eigenvalue weighted by Gasteiger charge is 2.16. The largest absolute Gasteiger partial charge is 0.478 e. The standard InChI is InChI=1S/C15H18FNO2/c1-11-4-6-17(7-5-11)14-9-12(2-3-15(18)19)8-13(16)10-14/h2-3,8-11H,4-7H2,1H3,(H,18,19)/b3-2+. The van der Waals surface area contributed by atoms with Crippen LogP contribution < -0.4 is 4.90 Å². The zero-order valence-corrected chi connectivity index (χ0v) is 11.0. The molecule has 1 aromatic rings. The van der Waals surface area contributed by atoms with E-state index in [1.807, 2.05) is 6.07 Å². The highest BCUT2D eigenvalue weighted by molar-refractivity contribution is 5.85. The van der Waals surface area contributed by atoms with E-state index in [4.69, 9.17) is 5.11 Å². The van der Waals surface area contributed by atoms with Gasteiger partial charge in [0.15, 0.2) is 0 Å². The van der Waals surface area contributed by atoms with Crippen molar-refractivity contribution in [2.24, 2.45) is 5.92 Å². The molecule has 0 aliphatic carbocycles. The van der Waals surface area contributed by atoms with Crippen molar-refractivity contribution in [2.45, 2.75) is 19.8 Å². The van der Waals surface area contributed by atoms with Crippen LogP contribution in [-0.4, -0.2) is 24.2 Å². The van der Waals surface area contributed by atoms with E-state index in [0.29, 0.717) is 5.56 Å². The Balaban J connectivity index is 2.19. The number of piperidine rings is 1. The molecule has 1 aliphatic heterocycles. The Morgan fingerprint density at radius 1 is 1.37 bits per heavy atom. The molecule has 4 heteroatoms. The van der Waals surface area contributed by atoms with E-state index in [1.54, 1.807) is 0 Å². The number of halogens is 1. The molecule has 0 radical (unpaired) electrons. The third-order valence-electron chi connectivity index (χ3n) is 3.47. The number of carbonyl (C=O) groups is 1. The Labute approximate surface area is 112 Å². The molecule has 1 fully saturated rings. The first-order chi connectivity index (χ1) is 9.04. The van der Waals surface area contributed by atoms with E-state index in [0.717, 1.165) is 43.6 Å². The number of rotatable bonds is 3. The molecule has 1 saturated heterocycles. The van der Waals surface area contributed by atoms with Crippen molar-refractivity contribution in [2.75, 3.05) is 18.0 Å². The van der Waals surface area contributed by atoms with Crippen LogP contribution in [0.1, 0.15) is 25.3 Å². The summed E-state index contributed by atoms with van der Waals surface area (Å²) in [6.07, 6.45) is 4.66. The van der Waals surface area contributed by atoms with E-state index in [-0.39, 0.29) is 5.82 Å². The van der Waals surface area contributed by atoms with Gasteiger partial charge < -0.3 is 10.0 Å². The Hall–Kier alpha value is -1.84. The molecule has 1 heterocycles. The quantitative estimate of drug-likeness (QED) is 0.852. The number of aliphatic carboxylic acids is 1. The number of anilines is 1. The lowest BCUT2D eigenvalue weighted by Crippen LogP contribution is -2.32. The maximum absolute atomic E-state index is 13.6. The molecule has 3 nitrogen and oxygen atoms in total. The molecule has 1 N–H and O–H groups in total. The molecule has 0 saturated carbocycles. The minimum atomic E-state index is -1.03. The molecule has 1 aromatic carbocycles. The summed E-state index contributed by atoms with van der Waals surface area (Å²) < 4.78 is 13.6. The van der Waals surface area contributed by atoms with Crippen LogP contribution in [0.5, 0.6) is 0 Å².